The minimum atomic E-state index is -0.108. The molecule has 1 saturated carbocycles. The lowest BCUT2D eigenvalue weighted by Gasteiger charge is -2.36. The summed E-state index contributed by atoms with van der Waals surface area (Å²) in [5.41, 5.74) is 5.98. The van der Waals surface area contributed by atoms with Gasteiger partial charge in [0.05, 0.1) is 20.1 Å². The highest BCUT2D eigenvalue weighted by molar-refractivity contribution is 5.86. The molecule has 8 nitrogen and oxygen atoms in total. The number of rotatable bonds is 13. The minimum absolute atomic E-state index is 0.108. The second-order valence-corrected chi connectivity index (χ2v) is 13.1. The van der Waals surface area contributed by atoms with E-state index in [0.717, 1.165) is 62.4 Å². The number of hydrogen-bond donors (Lipinski definition) is 1. The Kier molecular flexibility index (Phi) is 9.23. The molecule has 3 heterocycles. The summed E-state index contributed by atoms with van der Waals surface area (Å²) in [4.78, 5) is 16.8. The predicted octanol–water partition coefficient (Wildman–Crippen LogP) is 6.58. The molecule has 7 rings (SSSR count). The van der Waals surface area contributed by atoms with Crippen molar-refractivity contribution in [1.29, 1.82) is 0 Å². The first-order valence-corrected chi connectivity index (χ1v) is 16.9. The highest BCUT2D eigenvalue weighted by Crippen LogP contribution is 2.38. The number of aromatic nitrogens is 2. The zero-order valence-corrected chi connectivity index (χ0v) is 27.8. The first-order chi connectivity index (χ1) is 23.1. The van der Waals surface area contributed by atoms with E-state index in [0.29, 0.717) is 25.7 Å². The summed E-state index contributed by atoms with van der Waals surface area (Å²) >= 11 is 0. The number of nitrogens with one attached hydrogen (secondary N) is 1. The van der Waals surface area contributed by atoms with E-state index in [-0.39, 0.29) is 17.7 Å². The maximum atomic E-state index is 14.6. The number of nitrogens with zero attached hydrogens (tertiary/aromatic N) is 3. The molecule has 2 atom stereocenters. The Morgan fingerprint density at radius 2 is 1.72 bits per heavy atom. The first kappa shape index (κ1) is 31.3. The molecule has 1 amide bonds. The molecule has 1 aliphatic heterocycles. The van der Waals surface area contributed by atoms with Crippen molar-refractivity contribution >= 4 is 27.7 Å². The SMILES string of the molecule is COCCCn1cc(CN(C(=O)[C@H]2CNCC[C@@H]2c2ccc3ccn(Cc4cc(OC)cc(OC)c4)c3c2)C2CC2)c2ccccc21. The Labute approximate surface area is 277 Å². The number of para-hydroxylation sites is 1. The van der Waals surface area contributed by atoms with Crippen LogP contribution in [0.15, 0.2) is 79.1 Å². The van der Waals surface area contributed by atoms with Crippen LogP contribution in [0.1, 0.15) is 48.3 Å². The van der Waals surface area contributed by atoms with Crippen LogP contribution in [0.2, 0.25) is 0 Å². The molecule has 5 aromatic rings. The van der Waals surface area contributed by atoms with Crippen molar-refractivity contribution in [2.45, 2.75) is 57.3 Å². The Bertz CT molecular complexity index is 1830. The standard InChI is InChI=1S/C39H46N4O4/c1-45-18-6-16-41-25-30(35-7-4-5-8-37(35)41)26-43(31-11-12-31)39(44)36-23-40-15-13-34(36)29-10-9-28-14-17-42(38(28)21-29)24-27-19-32(46-2)22-33(20-27)47-3/h4-5,7-10,14,17,19-22,25,31,34,36,40H,6,11-13,15-16,18,23-24,26H2,1-3H3/t34-,36+/m1/s1. The summed E-state index contributed by atoms with van der Waals surface area (Å²) in [7, 11) is 5.11. The largest absolute Gasteiger partial charge is 0.497 e. The van der Waals surface area contributed by atoms with Crippen molar-refractivity contribution in [3.05, 3.63) is 95.8 Å². The van der Waals surface area contributed by atoms with Gasteiger partial charge in [0.1, 0.15) is 11.5 Å². The molecule has 0 unspecified atom stereocenters. The van der Waals surface area contributed by atoms with Gasteiger partial charge in [-0.2, -0.15) is 0 Å². The van der Waals surface area contributed by atoms with Gasteiger partial charge in [-0.1, -0.05) is 30.3 Å². The van der Waals surface area contributed by atoms with Crippen molar-refractivity contribution in [1.82, 2.24) is 19.4 Å². The maximum Gasteiger partial charge on any atom is 0.228 e. The van der Waals surface area contributed by atoms with Crippen LogP contribution in [0.4, 0.5) is 0 Å². The molecule has 0 radical (unpaired) electrons. The van der Waals surface area contributed by atoms with Gasteiger partial charge < -0.3 is 33.6 Å². The molecule has 2 aromatic heterocycles. The van der Waals surface area contributed by atoms with Crippen LogP contribution in [0.25, 0.3) is 21.8 Å². The number of benzene rings is 3. The Morgan fingerprint density at radius 1 is 0.915 bits per heavy atom. The number of methoxy groups -OCH3 is 3. The summed E-state index contributed by atoms with van der Waals surface area (Å²) in [5, 5.41) is 6.00. The number of carbonyl (C=O) groups excluding carboxylic acids is 1. The summed E-state index contributed by atoms with van der Waals surface area (Å²) in [5.74, 6) is 1.89. The molecule has 1 N–H and O–H groups in total. The van der Waals surface area contributed by atoms with Gasteiger partial charge in [-0.3, -0.25) is 4.79 Å². The number of ether oxygens (including phenoxy) is 3. The molecule has 0 spiro atoms. The third-order valence-corrected chi connectivity index (χ3v) is 10.0. The molecule has 3 aromatic carbocycles. The molecule has 47 heavy (non-hydrogen) atoms. The lowest BCUT2D eigenvalue weighted by atomic mass is 9.80. The van der Waals surface area contributed by atoms with Crippen molar-refractivity contribution in [3.63, 3.8) is 0 Å². The van der Waals surface area contributed by atoms with Gasteiger partial charge in [-0.05, 0) is 90.6 Å². The Balaban J connectivity index is 1.15. The molecular weight excluding hydrogens is 588 g/mol. The zero-order chi connectivity index (χ0) is 32.3. The number of hydrogen-bond acceptors (Lipinski definition) is 5. The average molecular weight is 635 g/mol. The predicted molar refractivity (Wildman–Crippen MR) is 186 cm³/mol. The molecule has 1 saturated heterocycles. The fraction of sp³-hybridized carbons (Fsp3) is 0.410. The second-order valence-electron chi connectivity index (χ2n) is 13.1. The highest BCUT2D eigenvalue weighted by Gasteiger charge is 2.40. The Hall–Kier alpha value is -4.27. The van der Waals surface area contributed by atoms with E-state index >= 15 is 0 Å². The first-order valence-electron chi connectivity index (χ1n) is 16.9. The lowest BCUT2D eigenvalue weighted by Crippen LogP contribution is -2.47. The fourth-order valence-corrected chi connectivity index (χ4v) is 7.42. The third-order valence-electron chi connectivity index (χ3n) is 10.0. The van der Waals surface area contributed by atoms with Crippen LogP contribution < -0.4 is 14.8 Å². The minimum Gasteiger partial charge on any atom is -0.497 e. The highest BCUT2D eigenvalue weighted by atomic mass is 16.5. The van der Waals surface area contributed by atoms with E-state index in [4.69, 9.17) is 14.2 Å². The van der Waals surface area contributed by atoms with Gasteiger partial charge in [-0.25, -0.2) is 0 Å². The van der Waals surface area contributed by atoms with Crippen molar-refractivity contribution in [2.75, 3.05) is 41.0 Å². The monoisotopic (exact) mass is 634 g/mol. The smallest absolute Gasteiger partial charge is 0.228 e. The van der Waals surface area contributed by atoms with E-state index in [9.17, 15) is 4.79 Å². The van der Waals surface area contributed by atoms with E-state index < -0.39 is 0 Å². The second kappa shape index (κ2) is 13.8. The number of piperidine rings is 1. The quantitative estimate of drug-likeness (QED) is 0.148. The van der Waals surface area contributed by atoms with E-state index in [1.807, 2.05) is 6.07 Å². The van der Waals surface area contributed by atoms with Gasteiger partial charge in [0.15, 0.2) is 0 Å². The van der Waals surface area contributed by atoms with E-state index in [1.54, 1.807) is 21.3 Å². The normalized spacial score (nSPS) is 18.1. The molecular formula is C39H46N4O4. The Morgan fingerprint density at radius 3 is 2.49 bits per heavy atom. The maximum absolute atomic E-state index is 14.6. The summed E-state index contributed by atoms with van der Waals surface area (Å²) < 4.78 is 21.0. The van der Waals surface area contributed by atoms with Crippen LogP contribution in [0.3, 0.4) is 0 Å². The van der Waals surface area contributed by atoms with Crippen LogP contribution in [-0.4, -0.2) is 67.0 Å². The van der Waals surface area contributed by atoms with Crippen molar-refractivity contribution in [3.8, 4) is 11.5 Å². The number of carbonyl (C=O) groups is 1. The lowest BCUT2D eigenvalue weighted by molar-refractivity contribution is -0.138. The molecule has 0 bridgehead atoms. The fourth-order valence-electron chi connectivity index (χ4n) is 7.42. The van der Waals surface area contributed by atoms with E-state index in [1.165, 1.54) is 32.9 Å². The molecule has 246 valence electrons. The topological polar surface area (TPSA) is 69.9 Å². The number of fused-ring (bicyclic) bond motifs is 2. The van der Waals surface area contributed by atoms with Crippen molar-refractivity contribution in [2.24, 2.45) is 5.92 Å². The van der Waals surface area contributed by atoms with Gasteiger partial charge >= 0.3 is 0 Å². The van der Waals surface area contributed by atoms with Gasteiger partial charge in [-0.15, -0.1) is 0 Å². The van der Waals surface area contributed by atoms with Crippen molar-refractivity contribution < 1.29 is 19.0 Å². The summed E-state index contributed by atoms with van der Waals surface area (Å²) in [6.07, 6.45) is 8.46. The summed E-state index contributed by atoms with van der Waals surface area (Å²) in [6, 6.07) is 23.9. The third kappa shape index (κ3) is 6.62. The van der Waals surface area contributed by atoms with Crippen LogP contribution in [0.5, 0.6) is 11.5 Å². The molecule has 1 aliphatic carbocycles. The number of amides is 1. The van der Waals surface area contributed by atoms with Crippen LogP contribution in [0, 0.1) is 5.92 Å². The molecule has 8 heteroatoms. The number of aryl methyl sites for hydroxylation is 1. The zero-order valence-electron chi connectivity index (χ0n) is 27.8. The van der Waals surface area contributed by atoms with Gasteiger partial charge in [0.25, 0.3) is 0 Å². The van der Waals surface area contributed by atoms with E-state index in [2.05, 4.69) is 92.4 Å². The summed E-state index contributed by atoms with van der Waals surface area (Å²) in [6.45, 7) is 4.59. The van der Waals surface area contributed by atoms with Gasteiger partial charge in [0, 0.05) is 80.8 Å². The van der Waals surface area contributed by atoms with Crippen LogP contribution >= 0.6 is 0 Å². The van der Waals surface area contributed by atoms with Gasteiger partial charge in [0.2, 0.25) is 5.91 Å². The molecule has 2 fully saturated rings. The average Bonchev–Trinajstić information content (AvgIpc) is 3.80. The molecule has 2 aliphatic rings. The van der Waals surface area contributed by atoms with Crippen LogP contribution in [-0.2, 0) is 29.2 Å².